The quantitative estimate of drug-likeness (QED) is 0.810. The molecule has 1 saturated carbocycles. The van der Waals surface area contributed by atoms with E-state index in [-0.39, 0.29) is 0 Å². The van der Waals surface area contributed by atoms with E-state index in [0.29, 0.717) is 11.9 Å². The van der Waals surface area contributed by atoms with E-state index in [1.54, 1.807) is 6.20 Å². The molecule has 4 heteroatoms. The molecule has 1 aromatic rings. The summed E-state index contributed by atoms with van der Waals surface area (Å²) >= 11 is 2.15. The minimum Gasteiger partial charge on any atom is -0.383 e. The lowest BCUT2D eigenvalue weighted by molar-refractivity contribution is 0.513. The molecule has 1 heterocycles. The normalized spacial score (nSPS) is 18.1. The topological polar surface area (TPSA) is 50.9 Å². The van der Waals surface area contributed by atoms with Crippen molar-refractivity contribution >= 4 is 17.6 Å². The maximum absolute atomic E-state index is 5.96. The Hall–Kier alpha value is -0.740. The third kappa shape index (κ3) is 4.98. The maximum Gasteiger partial charge on any atom is 0.126 e. The van der Waals surface area contributed by atoms with Gasteiger partial charge in [-0.1, -0.05) is 32.3 Å². The van der Waals surface area contributed by atoms with Crippen LogP contribution in [-0.4, -0.2) is 28.6 Å². The number of nitrogens with two attached hydrogens (primary N) is 1. The van der Waals surface area contributed by atoms with Crippen LogP contribution in [0.25, 0.3) is 0 Å². The number of anilines is 1. The average molecular weight is 293 g/mol. The lowest BCUT2D eigenvalue weighted by Crippen LogP contribution is -2.34. The highest BCUT2D eigenvalue weighted by atomic mass is 32.2. The number of nitrogen functional groups attached to an aromatic ring is 1. The van der Waals surface area contributed by atoms with Crippen LogP contribution < -0.4 is 11.1 Å². The molecule has 1 aliphatic carbocycles. The number of hydrogen-bond acceptors (Lipinski definition) is 4. The van der Waals surface area contributed by atoms with Crippen LogP contribution in [0.4, 0.5) is 5.82 Å². The first-order valence-corrected chi connectivity index (χ1v) is 8.88. The van der Waals surface area contributed by atoms with E-state index in [4.69, 9.17) is 5.73 Å². The summed E-state index contributed by atoms with van der Waals surface area (Å²) in [6.07, 6.45) is 9.81. The van der Waals surface area contributed by atoms with Gasteiger partial charge in [-0.3, -0.25) is 0 Å². The summed E-state index contributed by atoms with van der Waals surface area (Å²) < 4.78 is 0. The van der Waals surface area contributed by atoms with Crippen LogP contribution in [0.3, 0.4) is 0 Å². The molecule has 0 spiro atoms. The number of aromatic nitrogens is 1. The summed E-state index contributed by atoms with van der Waals surface area (Å²) in [5.41, 5.74) is 7.13. The van der Waals surface area contributed by atoms with Crippen molar-refractivity contribution in [3.63, 3.8) is 0 Å². The van der Waals surface area contributed by atoms with Gasteiger partial charge in [0.15, 0.2) is 0 Å². The molecule has 0 aromatic carbocycles. The Morgan fingerprint density at radius 2 is 2.20 bits per heavy atom. The zero-order chi connectivity index (χ0) is 14.2. The second-order valence-corrected chi connectivity index (χ2v) is 6.93. The number of hydrogen-bond donors (Lipinski definition) is 2. The summed E-state index contributed by atoms with van der Waals surface area (Å²) in [5, 5.41) is 4.47. The third-order valence-electron chi connectivity index (χ3n) is 3.97. The second kappa shape index (κ2) is 8.53. The number of rotatable bonds is 7. The van der Waals surface area contributed by atoms with Crippen molar-refractivity contribution in [2.24, 2.45) is 0 Å². The zero-order valence-electron chi connectivity index (χ0n) is 12.5. The molecule has 1 aromatic heterocycles. The van der Waals surface area contributed by atoms with Gasteiger partial charge >= 0.3 is 0 Å². The van der Waals surface area contributed by atoms with E-state index in [0.717, 1.165) is 18.2 Å². The van der Waals surface area contributed by atoms with Gasteiger partial charge in [0.25, 0.3) is 0 Å². The van der Waals surface area contributed by atoms with Crippen molar-refractivity contribution in [2.45, 2.75) is 56.7 Å². The van der Waals surface area contributed by atoms with Gasteiger partial charge in [0.05, 0.1) is 0 Å². The summed E-state index contributed by atoms with van der Waals surface area (Å²) in [7, 11) is 0. The SMILES string of the molecule is CCNC(CSC1CCCCC1)Cc1cccnc1N. The van der Waals surface area contributed by atoms with Crippen LogP contribution >= 0.6 is 11.8 Å². The Bertz CT molecular complexity index is 391. The number of nitrogens with zero attached hydrogens (tertiary/aromatic N) is 1. The van der Waals surface area contributed by atoms with E-state index in [2.05, 4.69) is 35.1 Å². The van der Waals surface area contributed by atoms with Crippen LogP contribution in [0.5, 0.6) is 0 Å². The second-order valence-electron chi connectivity index (χ2n) is 5.60. The van der Waals surface area contributed by atoms with Crippen molar-refractivity contribution in [1.29, 1.82) is 0 Å². The minimum atomic E-state index is 0.499. The van der Waals surface area contributed by atoms with E-state index < -0.39 is 0 Å². The Labute approximate surface area is 127 Å². The number of pyridine rings is 1. The smallest absolute Gasteiger partial charge is 0.126 e. The summed E-state index contributed by atoms with van der Waals surface area (Å²) in [5.74, 6) is 1.85. The average Bonchev–Trinajstić information content (AvgIpc) is 2.48. The minimum absolute atomic E-state index is 0.499. The Morgan fingerprint density at radius 3 is 2.90 bits per heavy atom. The van der Waals surface area contributed by atoms with Crippen molar-refractivity contribution in [1.82, 2.24) is 10.3 Å². The molecule has 3 N–H and O–H groups in total. The Kier molecular flexibility index (Phi) is 6.67. The van der Waals surface area contributed by atoms with Crippen LogP contribution in [0, 0.1) is 0 Å². The largest absolute Gasteiger partial charge is 0.383 e. The molecular weight excluding hydrogens is 266 g/mol. The monoisotopic (exact) mass is 293 g/mol. The molecule has 3 nitrogen and oxygen atoms in total. The van der Waals surface area contributed by atoms with Gasteiger partial charge in [0.1, 0.15) is 5.82 Å². The first-order valence-electron chi connectivity index (χ1n) is 7.84. The van der Waals surface area contributed by atoms with Gasteiger partial charge in [-0.05, 0) is 37.4 Å². The molecule has 0 saturated heterocycles. The van der Waals surface area contributed by atoms with Crippen molar-refractivity contribution in [2.75, 3.05) is 18.0 Å². The fourth-order valence-electron chi connectivity index (χ4n) is 2.85. The maximum atomic E-state index is 5.96. The fraction of sp³-hybridized carbons (Fsp3) is 0.688. The zero-order valence-corrected chi connectivity index (χ0v) is 13.3. The van der Waals surface area contributed by atoms with Crippen LogP contribution in [0.15, 0.2) is 18.3 Å². The highest BCUT2D eigenvalue weighted by molar-refractivity contribution is 7.99. The fourth-order valence-corrected chi connectivity index (χ4v) is 4.26. The van der Waals surface area contributed by atoms with Crippen molar-refractivity contribution in [3.8, 4) is 0 Å². The molecule has 0 radical (unpaired) electrons. The van der Waals surface area contributed by atoms with E-state index in [1.165, 1.54) is 43.4 Å². The van der Waals surface area contributed by atoms with Gasteiger partial charge in [-0.2, -0.15) is 11.8 Å². The highest BCUT2D eigenvalue weighted by Gasteiger charge is 2.17. The molecule has 1 unspecified atom stereocenters. The van der Waals surface area contributed by atoms with E-state index in [9.17, 15) is 0 Å². The van der Waals surface area contributed by atoms with Crippen molar-refractivity contribution < 1.29 is 0 Å². The lowest BCUT2D eigenvalue weighted by atomic mass is 10.0. The van der Waals surface area contributed by atoms with Crippen LogP contribution in [-0.2, 0) is 6.42 Å². The molecule has 0 amide bonds. The van der Waals surface area contributed by atoms with Crippen LogP contribution in [0.2, 0.25) is 0 Å². The molecule has 1 aliphatic rings. The predicted octanol–water partition coefficient (Wildman–Crippen LogP) is 3.25. The standard InChI is InChI=1S/C16H27N3S/c1-2-18-14(11-13-7-6-10-19-16(13)17)12-20-15-8-4-3-5-9-15/h6-7,10,14-15,18H,2-5,8-9,11-12H2,1H3,(H2,17,19). The highest BCUT2D eigenvalue weighted by Crippen LogP contribution is 2.29. The predicted molar refractivity (Wildman–Crippen MR) is 89.1 cm³/mol. The molecule has 2 rings (SSSR count). The Morgan fingerprint density at radius 1 is 1.40 bits per heavy atom. The van der Waals surface area contributed by atoms with Gasteiger partial charge in [0, 0.05) is 23.2 Å². The van der Waals surface area contributed by atoms with Gasteiger partial charge in [-0.15, -0.1) is 0 Å². The van der Waals surface area contributed by atoms with Crippen molar-refractivity contribution in [3.05, 3.63) is 23.9 Å². The van der Waals surface area contributed by atoms with Crippen LogP contribution in [0.1, 0.15) is 44.6 Å². The molecule has 1 atom stereocenters. The molecule has 1 fully saturated rings. The molecule has 20 heavy (non-hydrogen) atoms. The molecular formula is C16H27N3S. The molecule has 0 bridgehead atoms. The molecule has 112 valence electrons. The third-order valence-corrected chi connectivity index (χ3v) is 5.51. The number of thioether (sulfide) groups is 1. The number of likely N-dealkylation sites (N-methyl/N-ethyl adjacent to an activating group) is 1. The Balaban J connectivity index is 1.84. The van der Waals surface area contributed by atoms with Gasteiger partial charge in [0.2, 0.25) is 0 Å². The van der Waals surface area contributed by atoms with Gasteiger partial charge in [-0.25, -0.2) is 4.98 Å². The molecule has 0 aliphatic heterocycles. The van der Waals surface area contributed by atoms with E-state index >= 15 is 0 Å². The van der Waals surface area contributed by atoms with E-state index in [1.807, 2.05) is 6.07 Å². The van der Waals surface area contributed by atoms with Gasteiger partial charge < -0.3 is 11.1 Å². The number of nitrogens with one attached hydrogen (secondary N) is 1. The summed E-state index contributed by atoms with van der Waals surface area (Å²) in [6.45, 7) is 3.18. The summed E-state index contributed by atoms with van der Waals surface area (Å²) in [4.78, 5) is 4.19. The summed E-state index contributed by atoms with van der Waals surface area (Å²) in [6, 6.07) is 4.57. The first kappa shape index (κ1) is 15.6. The first-order chi connectivity index (χ1) is 9.79. The lowest BCUT2D eigenvalue weighted by Gasteiger charge is -2.24.